The van der Waals surface area contributed by atoms with Crippen LogP contribution in [0.5, 0.6) is 5.75 Å². The van der Waals surface area contributed by atoms with Crippen molar-refractivity contribution in [1.82, 2.24) is 9.88 Å². The van der Waals surface area contributed by atoms with Crippen molar-refractivity contribution in [3.63, 3.8) is 0 Å². The van der Waals surface area contributed by atoms with Gasteiger partial charge in [-0.25, -0.2) is 4.39 Å². The summed E-state index contributed by atoms with van der Waals surface area (Å²) in [6.45, 7) is 4.79. The number of carboxylic acid groups (broad SMARTS) is 1. The zero-order chi connectivity index (χ0) is 26.2. The summed E-state index contributed by atoms with van der Waals surface area (Å²) in [4.78, 5) is 19.7. The number of aryl methyl sites for hydroxylation is 1. The molecule has 198 valence electrons. The second-order valence-corrected chi connectivity index (χ2v) is 11.2. The molecule has 4 rings (SSSR count). The van der Waals surface area contributed by atoms with Crippen LogP contribution in [0.15, 0.2) is 59.6 Å². The van der Waals surface area contributed by atoms with E-state index in [1.165, 1.54) is 10.5 Å². The maximum Gasteiger partial charge on any atom is 0.303 e. The van der Waals surface area contributed by atoms with Gasteiger partial charge in [0.15, 0.2) is 0 Å². The number of nitrogens with zero attached hydrogens (tertiary/aromatic N) is 2. The van der Waals surface area contributed by atoms with Crippen molar-refractivity contribution in [1.29, 1.82) is 0 Å². The van der Waals surface area contributed by atoms with Crippen LogP contribution in [0, 0.1) is 18.8 Å². The molecule has 1 N–H and O–H groups in total. The monoisotopic (exact) mass is 524 g/mol. The molecule has 7 heteroatoms. The van der Waals surface area contributed by atoms with E-state index >= 15 is 4.39 Å². The van der Waals surface area contributed by atoms with E-state index < -0.39 is 12.1 Å². The van der Waals surface area contributed by atoms with Gasteiger partial charge in [-0.05, 0) is 105 Å². The SMILES string of the molecule is COc1ccc2nccc([C@@H](F)CC[C@@H]3CCN(CCCSc4ccc(C)cc4)C[C@@H]3CC(=O)O)c2c1. The van der Waals surface area contributed by atoms with Gasteiger partial charge in [-0.15, -0.1) is 11.8 Å². The summed E-state index contributed by atoms with van der Waals surface area (Å²) >= 11 is 1.87. The maximum absolute atomic E-state index is 15.5. The largest absolute Gasteiger partial charge is 0.497 e. The van der Waals surface area contributed by atoms with Crippen LogP contribution in [0.3, 0.4) is 0 Å². The van der Waals surface area contributed by atoms with Crippen molar-refractivity contribution >= 4 is 28.6 Å². The molecule has 0 saturated carbocycles. The van der Waals surface area contributed by atoms with E-state index in [4.69, 9.17) is 4.74 Å². The number of pyridine rings is 1. The minimum Gasteiger partial charge on any atom is -0.497 e. The van der Waals surface area contributed by atoms with Crippen LogP contribution in [-0.4, -0.2) is 53.5 Å². The third-order valence-corrected chi connectivity index (χ3v) is 8.53. The Morgan fingerprint density at radius 3 is 2.78 bits per heavy atom. The number of halogens is 1. The molecular formula is C30H37FN2O3S. The van der Waals surface area contributed by atoms with Crippen LogP contribution in [0.4, 0.5) is 4.39 Å². The molecule has 0 amide bonds. The summed E-state index contributed by atoms with van der Waals surface area (Å²) in [5.74, 6) is 1.23. The quantitative estimate of drug-likeness (QED) is 0.205. The Hall–Kier alpha value is -2.64. The minimum atomic E-state index is -1.13. The van der Waals surface area contributed by atoms with Crippen LogP contribution in [0.1, 0.15) is 49.4 Å². The van der Waals surface area contributed by atoms with Crippen LogP contribution in [0.25, 0.3) is 10.9 Å². The molecule has 0 bridgehead atoms. The molecule has 5 nitrogen and oxygen atoms in total. The van der Waals surface area contributed by atoms with Gasteiger partial charge < -0.3 is 14.7 Å². The predicted molar refractivity (Wildman–Crippen MR) is 148 cm³/mol. The van der Waals surface area contributed by atoms with Gasteiger partial charge in [0.1, 0.15) is 11.9 Å². The van der Waals surface area contributed by atoms with Crippen LogP contribution < -0.4 is 4.74 Å². The van der Waals surface area contributed by atoms with Gasteiger partial charge in [-0.3, -0.25) is 9.78 Å². The Kier molecular flexibility index (Phi) is 9.81. The number of rotatable bonds is 12. The highest BCUT2D eigenvalue weighted by Crippen LogP contribution is 2.36. The van der Waals surface area contributed by atoms with Gasteiger partial charge in [-0.1, -0.05) is 17.7 Å². The predicted octanol–water partition coefficient (Wildman–Crippen LogP) is 6.94. The summed E-state index contributed by atoms with van der Waals surface area (Å²) in [6, 6.07) is 15.9. The first kappa shape index (κ1) is 27.4. The molecule has 3 atom stereocenters. The average molecular weight is 525 g/mol. The van der Waals surface area contributed by atoms with E-state index in [1.807, 2.05) is 30.0 Å². The third-order valence-electron chi connectivity index (χ3n) is 7.43. The number of thioether (sulfide) groups is 1. The van der Waals surface area contributed by atoms with E-state index in [-0.39, 0.29) is 18.3 Å². The molecule has 0 unspecified atom stereocenters. The van der Waals surface area contributed by atoms with E-state index in [0.717, 1.165) is 49.1 Å². The lowest BCUT2D eigenvalue weighted by Crippen LogP contribution is -2.42. The summed E-state index contributed by atoms with van der Waals surface area (Å²) in [7, 11) is 1.60. The lowest BCUT2D eigenvalue weighted by Gasteiger charge is -2.38. The van der Waals surface area contributed by atoms with Gasteiger partial charge in [0.25, 0.3) is 0 Å². The maximum atomic E-state index is 15.5. The molecule has 1 fully saturated rings. The average Bonchev–Trinajstić information content (AvgIpc) is 2.90. The van der Waals surface area contributed by atoms with Gasteiger partial charge in [0, 0.05) is 29.4 Å². The van der Waals surface area contributed by atoms with E-state index in [2.05, 4.69) is 41.1 Å². The highest BCUT2D eigenvalue weighted by Gasteiger charge is 2.31. The number of fused-ring (bicyclic) bond motifs is 1. The van der Waals surface area contributed by atoms with E-state index in [1.54, 1.807) is 19.4 Å². The molecule has 0 spiro atoms. The van der Waals surface area contributed by atoms with Crippen molar-refractivity contribution < 1.29 is 19.0 Å². The number of ether oxygens (including phenoxy) is 1. The second-order valence-electron chi connectivity index (χ2n) is 10.1. The van der Waals surface area contributed by atoms with E-state index in [0.29, 0.717) is 24.2 Å². The van der Waals surface area contributed by atoms with Crippen LogP contribution in [-0.2, 0) is 4.79 Å². The first-order valence-corrected chi connectivity index (χ1v) is 14.1. The molecule has 1 saturated heterocycles. The summed E-state index contributed by atoms with van der Waals surface area (Å²) < 4.78 is 20.8. The van der Waals surface area contributed by atoms with Crippen LogP contribution in [0.2, 0.25) is 0 Å². The third kappa shape index (κ3) is 7.68. The number of aromatic nitrogens is 1. The molecule has 37 heavy (non-hydrogen) atoms. The van der Waals surface area contributed by atoms with Crippen molar-refractivity contribution in [2.45, 2.75) is 50.1 Å². The smallest absolute Gasteiger partial charge is 0.303 e. The van der Waals surface area contributed by atoms with Gasteiger partial charge in [0.05, 0.1) is 12.6 Å². The summed E-state index contributed by atoms with van der Waals surface area (Å²) in [6.07, 6.45) is 3.72. The van der Waals surface area contributed by atoms with Gasteiger partial charge in [0.2, 0.25) is 0 Å². The zero-order valence-corrected chi connectivity index (χ0v) is 22.6. The molecular weight excluding hydrogens is 487 g/mol. The molecule has 1 aliphatic rings. The molecule has 3 aromatic rings. The zero-order valence-electron chi connectivity index (χ0n) is 21.7. The van der Waals surface area contributed by atoms with Gasteiger partial charge in [-0.2, -0.15) is 0 Å². The number of aliphatic carboxylic acids is 1. The highest BCUT2D eigenvalue weighted by atomic mass is 32.2. The standard InChI is InChI=1S/C30H37FN2O3S/c1-21-4-8-25(9-5-21)37-17-3-15-33-16-13-22(23(20-33)18-30(34)35)6-10-28(31)26-12-14-32-29-11-7-24(36-2)19-27(26)29/h4-5,7-9,11-12,14,19,22-23,28H,3,6,10,13,15-18,20H2,1-2H3,(H,34,35)/t22-,23+,28+/m1/s1. The molecule has 1 aromatic heterocycles. The molecule has 0 radical (unpaired) electrons. The van der Waals surface area contributed by atoms with E-state index in [9.17, 15) is 9.90 Å². The Labute approximate surface area is 223 Å². The first-order valence-electron chi connectivity index (χ1n) is 13.1. The molecule has 1 aliphatic heterocycles. The fourth-order valence-electron chi connectivity index (χ4n) is 5.37. The Bertz CT molecular complexity index is 1170. The molecule has 2 aromatic carbocycles. The van der Waals surface area contributed by atoms with Crippen molar-refractivity contribution in [3.8, 4) is 5.75 Å². The van der Waals surface area contributed by atoms with Crippen molar-refractivity contribution in [2.24, 2.45) is 11.8 Å². The second kappa shape index (κ2) is 13.2. The number of carbonyl (C=O) groups is 1. The number of piperidine rings is 1. The minimum absolute atomic E-state index is 0.0532. The van der Waals surface area contributed by atoms with Crippen molar-refractivity contribution in [2.75, 3.05) is 32.5 Å². The number of likely N-dealkylation sites (tertiary alicyclic amines) is 1. The summed E-state index contributed by atoms with van der Waals surface area (Å²) in [5, 5.41) is 10.3. The highest BCUT2D eigenvalue weighted by molar-refractivity contribution is 7.99. The number of carboxylic acids is 1. The molecule has 0 aliphatic carbocycles. The topological polar surface area (TPSA) is 62.7 Å². The number of hydrogen-bond donors (Lipinski definition) is 1. The fourth-order valence-corrected chi connectivity index (χ4v) is 6.21. The lowest BCUT2D eigenvalue weighted by molar-refractivity contribution is -0.139. The number of methoxy groups -OCH3 is 1. The number of benzene rings is 2. The number of hydrogen-bond acceptors (Lipinski definition) is 5. The Morgan fingerprint density at radius 2 is 2.03 bits per heavy atom. The first-order chi connectivity index (χ1) is 17.9. The van der Waals surface area contributed by atoms with Gasteiger partial charge >= 0.3 is 5.97 Å². The fraction of sp³-hybridized carbons (Fsp3) is 0.467. The number of alkyl halides is 1. The summed E-state index contributed by atoms with van der Waals surface area (Å²) in [5.41, 5.74) is 2.64. The lowest BCUT2D eigenvalue weighted by atomic mass is 9.79. The Balaban J connectivity index is 1.30. The normalized spacial score (nSPS) is 19.1. The molecule has 2 heterocycles. The van der Waals surface area contributed by atoms with Crippen molar-refractivity contribution in [3.05, 3.63) is 65.9 Å². The Morgan fingerprint density at radius 1 is 1.22 bits per heavy atom. The van der Waals surface area contributed by atoms with Crippen LogP contribution >= 0.6 is 11.8 Å².